The monoisotopic (exact) mass is 310 g/mol. The molecule has 1 N–H and O–H groups in total. The molecule has 1 atom stereocenters. The molecule has 1 aliphatic rings. The third-order valence-electron chi connectivity index (χ3n) is 2.93. The van der Waals surface area contributed by atoms with Gasteiger partial charge in [-0.15, -0.1) is 0 Å². The number of alkyl halides is 3. The van der Waals surface area contributed by atoms with Crippen LogP contribution in [-0.4, -0.2) is 39.5 Å². The summed E-state index contributed by atoms with van der Waals surface area (Å²) >= 11 is 0.362. The van der Waals surface area contributed by atoms with Gasteiger partial charge in [-0.25, -0.2) is 0 Å². The molecule has 1 aromatic heterocycles. The highest BCUT2D eigenvalue weighted by molar-refractivity contribution is 7.07. The van der Waals surface area contributed by atoms with Crippen LogP contribution in [0.2, 0.25) is 0 Å². The largest absolute Gasteiger partial charge is 0.480 e. The minimum Gasteiger partial charge on any atom is -0.480 e. The van der Waals surface area contributed by atoms with Gasteiger partial charge in [0, 0.05) is 11.9 Å². The molecule has 1 amide bonds. The number of hydrogen-bond donors (Lipinski definition) is 1. The van der Waals surface area contributed by atoms with Crippen molar-refractivity contribution in [2.45, 2.75) is 18.6 Å². The fourth-order valence-electron chi connectivity index (χ4n) is 2.10. The van der Waals surface area contributed by atoms with Crippen molar-refractivity contribution in [1.82, 2.24) is 9.47 Å². The predicted molar refractivity (Wildman–Crippen MR) is 61.5 cm³/mol. The van der Waals surface area contributed by atoms with Gasteiger partial charge in [-0.05, 0) is 6.42 Å². The summed E-state index contributed by atoms with van der Waals surface area (Å²) in [4.78, 5) is 34.0. The lowest BCUT2D eigenvalue weighted by Gasteiger charge is -2.17. The Balaban J connectivity index is 2.35. The van der Waals surface area contributed by atoms with Gasteiger partial charge in [-0.1, -0.05) is 11.3 Å². The lowest BCUT2D eigenvalue weighted by molar-refractivity contribution is -0.147. The molecule has 0 spiro atoms. The number of amides is 1. The molecular formula is C10H9F3N2O4S. The Morgan fingerprint density at radius 3 is 2.65 bits per heavy atom. The number of hydrogen-bond acceptors (Lipinski definition) is 4. The number of carboxylic acid groups (broad SMARTS) is 1. The van der Waals surface area contributed by atoms with Crippen molar-refractivity contribution < 1.29 is 27.9 Å². The Bertz CT molecular complexity index is 606. The number of thiazole rings is 1. The van der Waals surface area contributed by atoms with Crippen LogP contribution in [0.1, 0.15) is 18.2 Å². The molecule has 0 radical (unpaired) electrons. The maximum atomic E-state index is 12.8. The average molecular weight is 310 g/mol. The zero-order chi connectivity index (χ0) is 15.1. The Kier molecular flexibility index (Phi) is 3.59. The van der Waals surface area contributed by atoms with Gasteiger partial charge in [-0.2, -0.15) is 13.2 Å². The number of nitrogens with zero attached hydrogens (tertiary/aromatic N) is 2. The molecule has 1 saturated heterocycles. The Hall–Kier alpha value is -1.84. The molecule has 1 aliphatic heterocycles. The van der Waals surface area contributed by atoms with Crippen molar-refractivity contribution in [1.29, 1.82) is 0 Å². The van der Waals surface area contributed by atoms with Crippen molar-refractivity contribution in [3.05, 3.63) is 20.7 Å². The van der Waals surface area contributed by atoms with Gasteiger partial charge in [0.1, 0.15) is 18.3 Å². The summed E-state index contributed by atoms with van der Waals surface area (Å²) in [6.07, 6.45) is -4.76. The summed E-state index contributed by atoms with van der Waals surface area (Å²) in [6, 6.07) is -1.29. The molecule has 1 unspecified atom stereocenters. The van der Waals surface area contributed by atoms with Crippen LogP contribution in [0.25, 0.3) is 0 Å². The van der Waals surface area contributed by atoms with Gasteiger partial charge in [0.2, 0.25) is 5.91 Å². The van der Waals surface area contributed by atoms with E-state index >= 15 is 0 Å². The number of aliphatic carboxylic acids is 1. The summed E-state index contributed by atoms with van der Waals surface area (Å²) in [7, 11) is 0. The zero-order valence-corrected chi connectivity index (χ0v) is 10.7. The second kappa shape index (κ2) is 4.93. The van der Waals surface area contributed by atoms with Gasteiger partial charge < -0.3 is 10.0 Å². The number of carbonyl (C=O) groups excluding carboxylic acids is 1. The lowest BCUT2D eigenvalue weighted by atomic mass is 10.2. The van der Waals surface area contributed by atoms with Crippen molar-refractivity contribution in [2.75, 3.05) is 13.1 Å². The summed E-state index contributed by atoms with van der Waals surface area (Å²) < 4.78 is 38.7. The summed E-state index contributed by atoms with van der Waals surface area (Å²) in [5.41, 5.74) is -1.18. The molecular weight excluding hydrogens is 301 g/mol. The Morgan fingerprint density at radius 1 is 1.45 bits per heavy atom. The third-order valence-corrected chi connectivity index (χ3v) is 3.66. The van der Waals surface area contributed by atoms with E-state index in [9.17, 15) is 27.6 Å². The third kappa shape index (κ3) is 2.55. The smallest absolute Gasteiger partial charge is 0.432 e. The maximum absolute atomic E-state index is 12.8. The van der Waals surface area contributed by atoms with Crippen LogP contribution < -0.4 is 4.87 Å². The molecule has 2 heterocycles. The Morgan fingerprint density at radius 2 is 2.10 bits per heavy atom. The van der Waals surface area contributed by atoms with Crippen molar-refractivity contribution in [2.24, 2.45) is 0 Å². The van der Waals surface area contributed by atoms with E-state index in [1.807, 2.05) is 0 Å². The number of likely N-dealkylation sites (tertiary alicyclic amines) is 1. The van der Waals surface area contributed by atoms with E-state index in [2.05, 4.69) is 0 Å². The number of aromatic nitrogens is 1. The fourth-order valence-corrected chi connectivity index (χ4v) is 2.90. The van der Waals surface area contributed by atoms with Gasteiger partial charge in [0.05, 0.1) is 0 Å². The van der Waals surface area contributed by atoms with Crippen LogP contribution in [0.4, 0.5) is 13.2 Å². The standard InChI is InChI=1S/C10H9F3N2O4S/c11-10(12,13)6-4-20-9(19)15(6)5-1-2-14(8(5)18)3-7(16)17/h4-5H,1-3H2,(H,16,17). The summed E-state index contributed by atoms with van der Waals surface area (Å²) in [5.74, 6) is -2.04. The number of halogens is 3. The van der Waals surface area contributed by atoms with E-state index in [0.717, 1.165) is 4.90 Å². The van der Waals surface area contributed by atoms with Gasteiger partial charge in [-0.3, -0.25) is 19.0 Å². The zero-order valence-electron chi connectivity index (χ0n) is 9.88. The average Bonchev–Trinajstić information content (AvgIpc) is 2.83. The normalized spacial score (nSPS) is 19.6. The van der Waals surface area contributed by atoms with E-state index in [1.165, 1.54) is 0 Å². The minimum atomic E-state index is -4.74. The van der Waals surface area contributed by atoms with Crippen LogP contribution in [0.15, 0.2) is 10.2 Å². The van der Waals surface area contributed by atoms with Crippen LogP contribution in [0.3, 0.4) is 0 Å². The number of carbonyl (C=O) groups is 2. The van der Waals surface area contributed by atoms with Crippen molar-refractivity contribution in [3.63, 3.8) is 0 Å². The molecule has 0 aliphatic carbocycles. The molecule has 10 heteroatoms. The first-order valence-corrected chi connectivity index (χ1v) is 6.37. The van der Waals surface area contributed by atoms with Crippen LogP contribution in [-0.2, 0) is 15.8 Å². The second-order valence-electron chi connectivity index (χ2n) is 4.21. The molecule has 6 nitrogen and oxygen atoms in total. The SMILES string of the molecule is O=C(O)CN1CCC(n2c(C(F)(F)F)csc2=O)C1=O. The fraction of sp³-hybridized carbons (Fsp3) is 0.500. The predicted octanol–water partition coefficient (Wildman–Crippen LogP) is 0.787. The van der Waals surface area contributed by atoms with Gasteiger partial charge in [0.25, 0.3) is 0 Å². The number of rotatable bonds is 3. The van der Waals surface area contributed by atoms with E-state index in [1.54, 1.807) is 0 Å². The maximum Gasteiger partial charge on any atom is 0.432 e. The molecule has 2 rings (SSSR count). The van der Waals surface area contributed by atoms with Gasteiger partial charge in [0.15, 0.2) is 0 Å². The van der Waals surface area contributed by atoms with Crippen LogP contribution >= 0.6 is 11.3 Å². The molecule has 0 aromatic carbocycles. The Labute approximate surface area is 114 Å². The molecule has 0 bridgehead atoms. The van der Waals surface area contributed by atoms with Gasteiger partial charge >= 0.3 is 17.0 Å². The highest BCUT2D eigenvalue weighted by Crippen LogP contribution is 2.33. The van der Waals surface area contributed by atoms with E-state index < -0.39 is 41.2 Å². The highest BCUT2D eigenvalue weighted by Gasteiger charge is 2.42. The second-order valence-corrected chi connectivity index (χ2v) is 5.03. The quantitative estimate of drug-likeness (QED) is 0.895. The van der Waals surface area contributed by atoms with E-state index in [4.69, 9.17) is 5.11 Å². The lowest BCUT2D eigenvalue weighted by Crippen LogP contribution is -2.35. The summed E-state index contributed by atoms with van der Waals surface area (Å²) in [5, 5.41) is 9.27. The molecule has 110 valence electrons. The minimum absolute atomic E-state index is 0.00931. The number of carboxylic acids is 1. The van der Waals surface area contributed by atoms with Crippen molar-refractivity contribution >= 4 is 23.2 Å². The molecule has 1 aromatic rings. The first-order chi connectivity index (χ1) is 9.21. The molecule has 0 saturated carbocycles. The molecule has 1 fully saturated rings. The van der Waals surface area contributed by atoms with E-state index in [0.29, 0.717) is 21.3 Å². The van der Waals surface area contributed by atoms with Crippen LogP contribution in [0.5, 0.6) is 0 Å². The first kappa shape index (κ1) is 14.6. The molecule has 20 heavy (non-hydrogen) atoms. The van der Waals surface area contributed by atoms with Crippen LogP contribution in [0, 0.1) is 0 Å². The summed E-state index contributed by atoms with van der Waals surface area (Å²) in [6.45, 7) is -0.578. The first-order valence-electron chi connectivity index (χ1n) is 5.49. The van der Waals surface area contributed by atoms with Crippen molar-refractivity contribution in [3.8, 4) is 0 Å². The van der Waals surface area contributed by atoms with E-state index in [-0.39, 0.29) is 13.0 Å². The topological polar surface area (TPSA) is 79.6 Å². The highest BCUT2D eigenvalue weighted by atomic mass is 32.1.